The summed E-state index contributed by atoms with van der Waals surface area (Å²) in [5.74, 6) is -0.780. The summed E-state index contributed by atoms with van der Waals surface area (Å²) < 4.78 is 0. The maximum Gasteiger partial charge on any atom is 0.0935 e. The molecular formula is C7H14O4. The molecule has 0 bridgehead atoms. The van der Waals surface area contributed by atoms with Crippen LogP contribution in [0.5, 0.6) is 0 Å². The predicted octanol–water partition coefficient (Wildman–Crippen LogP) is -1.67. The van der Waals surface area contributed by atoms with Gasteiger partial charge in [-0.25, -0.2) is 0 Å². The number of aliphatic hydroxyl groups is 4. The van der Waals surface area contributed by atoms with Crippen LogP contribution in [-0.2, 0) is 0 Å². The lowest BCUT2D eigenvalue weighted by molar-refractivity contribution is -0.241. The minimum Gasteiger partial charge on any atom is -0.396 e. The molecule has 3 unspecified atom stereocenters. The largest absolute Gasteiger partial charge is 0.396 e. The summed E-state index contributed by atoms with van der Waals surface area (Å²) in [5, 5.41) is 36.1. The van der Waals surface area contributed by atoms with E-state index in [4.69, 9.17) is 10.2 Å². The van der Waals surface area contributed by atoms with Gasteiger partial charge >= 0.3 is 0 Å². The van der Waals surface area contributed by atoms with Gasteiger partial charge in [0, 0.05) is 25.0 Å². The van der Waals surface area contributed by atoms with E-state index in [1.807, 2.05) is 0 Å². The fraction of sp³-hybridized carbons (Fsp3) is 1.00. The molecule has 0 aromatic rings. The van der Waals surface area contributed by atoms with E-state index in [0.29, 0.717) is 0 Å². The normalized spacial score (nSPS) is 50.5. The van der Waals surface area contributed by atoms with Gasteiger partial charge in [0.05, 0.1) is 11.7 Å². The van der Waals surface area contributed by atoms with Gasteiger partial charge in [-0.3, -0.25) is 0 Å². The first-order valence-electron chi connectivity index (χ1n) is 3.67. The molecule has 4 nitrogen and oxygen atoms in total. The standard InChI is InChI=1S/C7H14O4/c1-7(11)5(3-9)4(2-8)6(7)10/h4-6,8-11H,2-3H2,1H3/t4?,5?,6-,7?/m0/s1. The minimum atomic E-state index is -1.23. The third kappa shape index (κ3) is 1.06. The van der Waals surface area contributed by atoms with E-state index in [-0.39, 0.29) is 19.1 Å². The summed E-state index contributed by atoms with van der Waals surface area (Å²) in [6.45, 7) is 1.07. The molecule has 4 atom stereocenters. The molecule has 0 radical (unpaired) electrons. The zero-order valence-electron chi connectivity index (χ0n) is 6.44. The van der Waals surface area contributed by atoms with Crippen molar-refractivity contribution >= 4 is 0 Å². The molecule has 1 aliphatic rings. The van der Waals surface area contributed by atoms with E-state index in [2.05, 4.69) is 0 Å². The lowest BCUT2D eigenvalue weighted by atomic mass is 9.60. The Balaban J connectivity index is 2.62. The van der Waals surface area contributed by atoms with Crippen molar-refractivity contribution < 1.29 is 20.4 Å². The predicted molar refractivity (Wildman–Crippen MR) is 37.8 cm³/mol. The molecule has 0 heterocycles. The zero-order chi connectivity index (χ0) is 8.65. The lowest BCUT2D eigenvalue weighted by Gasteiger charge is -2.52. The highest BCUT2D eigenvalue weighted by Crippen LogP contribution is 2.43. The van der Waals surface area contributed by atoms with Gasteiger partial charge in [-0.2, -0.15) is 0 Å². The third-order valence-corrected chi connectivity index (χ3v) is 2.68. The molecule has 1 rings (SSSR count). The minimum absolute atomic E-state index is 0.192. The first-order chi connectivity index (χ1) is 5.05. The van der Waals surface area contributed by atoms with Crippen molar-refractivity contribution in [2.75, 3.05) is 13.2 Å². The van der Waals surface area contributed by atoms with Crippen molar-refractivity contribution in [1.82, 2.24) is 0 Å². The van der Waals surface area contributed by atoms with E-state index >= 15 is 0 Å². The van der Waals surface area contributed by atoms with E-state index < -0.39 is 17.6 Å². The summed E-state index contributed by atoms with van der Waals surface area (Å²) >= 11 is 0. The van der Waals surface area contributed by atoms with Gasteiger partial charge in [0.1, 0.15) is 0 Å². The van der Waals surface area contributed by atoms with Crippen LogP contribution < -0.4 is 0 Å². The molecule has 4 heteroatoms. The molecule has 66 valence electrons. The second-order valence-corrected chi connectivity index (χ2v) is 3.31. The smallest absolute Gasteiger partial charge is 0.0935 e. The number of hydrogen-bond acceptors (Lipinski definition) is 4. The molecule has 1 aliphatic carbocycles. The maximum atomic E-state index is 9.42. The Morgan fingerprint density at radius 1 is 1.27 bits per heavy atom. The highest BCUT2D eigenvalue weighted by molar-refractivity contribution is 5.06. The second-order valence-electron chi connectivity index (χ2n) is 3.31. The van der Waals surface area contributed by atoms with Gasteiger partial charge in [-0.15, -0.1) is 0 Å². The summed E-state index contributed by atoms with van der Waals surface area (Å²) in [7, 11) is 0. The monoisotopic (exact) mass is 162 g/mol. The molecule has 1 saturated carbocycles. The number of hydrogen-bond donors (Lipinski definition) is 4. The molecule has 4 N–H and O–H groups in total. The van der Waals surface area contributed by atoms with Crippen molar-refractivity contribution in [1.29, 1.82) is 0 Å². The van der Waals surface area contributed by atoms with Crippen molar-refractivity contribution in [3.8, 4) is 0 Å². The Hall–Kier alpha value is -0.160. The summed E-state index contributed by atoms with van der Waals surface area (Å²) in [4.78, 5) is 0. The average molecular weight is 162 g/mol. The van der Waals surface area contributed by atoms with Crippen LogP contribution in [0.15, 0.2) is 0 Å². The van der Waals surface area contributed by atoms with Crippen molar-refractivity contribution in [2.45, 2.75) is 18.6 Å². The van der Waals surface area contributed by atoms with Crippen LogP contribution in [-0.4, -0.2) is 45.3 Å². The van der Waals surface area contributed by atoms with Gasteiger partial charge in [-0.05, 0) is 6.92 Å². The highest BCUT2D eigenvalue weighted by atomic mass is 16.4. The van der Waals surface area contributed by atoms with E-state index in [1.54, 1.807) is 0 Å². The maximum absolute atomic E-state index is 9.42. The van der Waals surface area contributed by atoms with Crippen LogP contribution in [0.3, 0.4) is 0 Å². The quantitative estimate of drug-likeness (QED) is 0.391. The van der Waals surface area contributed by atoms with Gasteiger partial charge in [-0.1, -0.05) is 0 Å². The molecule has 0 aromatic carbocycles. The molecule has 1 fully saturated rings. The summed E-state index contributed by atoms with van der Waals surface area (Å²) in [6, 6.07) is 0. The fourth-order valence-electron chi connectivity index (χ4n) is 1.73. The van der Waals surface area contributed by atoms with Crippen LogP contribution in [0.25, 0.3) is 0 Å². The Morgan fingerprint density at radius 3 is 2.09 bits per heavy atom. The topological polar surface area (TPSA) is 80.9 Å². The van der Waals surface area contributed by atoms with Crippen LogP contribution in [0.4, 0.5) is 0 Å². The van der Waals surface area contributed by atoms with Gasteiger partial charge in [0.15, 0.2) is 0 Å². The van der Waals surface area contributed by atoms with Crippen LogP contribution in [0.2, 0.25) is 0 Å². The summed E-state index contributed by atoms with van der Waals surface area (Å²) in [6.07, 6.45) is -0.912. The van der Waals surface area contributed by atoms with Gasteiger partial charge in [0.2, 0.25) is 0 Å². The first kappa shape index (κ1) is 8.93. The first-order valence-corrected chi connectivity index (χ1v) is 3.67. The van der Waals surface area contributed by atoms with E-state index in [0.717, 1.165) is 0 Å². The Morgan fingerprint density at radius 2 is 1.82 bits per heavy atom. The van der Waals surface area contributed by atoms with Crippen molar-refractivity contribution in [3.63, 3.8) is 0 Å². The SMILES string of the molecule is CC1(O)C(CO)C(CO)[C@@H]1O. The van der Waals surface area contributed by atoms with E-state index in [1.165, 1.54) is 6.92 Å². The van der Waals surface area contributed by atoms with E-state index in [9.17, 15) is 10.2 Å². The van der Waals surface area contributed by atoms with Crippen LogP contribution in [0, 0.1) is 11.8 Å². The van der Waals surface area contributed by atoms with Crippen molar-refractivity contribution in [2.24, 2.45) is 11.8 Å². The Bertz CT molecular complexity index is 145. The Kier molecular flexibility index (Phi) is 2.20. The average Bonchev–Trinajstić information content (AvgIpc) is 1.98. The molecule has 0 saturated heterocycles. The lowest BCUT2D eigenvalue weighted by Crippen LogP contribution is -2.66. The second kappa shape index (κ2) is 2.71. The fourth-order valence-corrected chi connectivity index (χ4v) is 1.73. The molecule has 0 spiro atoms. The molecular weight excluding hydrogens is 148 g/mol. The zero-order valence-corrected chi connectivity index (χ0v) is 6.44. The number of rotatable bonds is 2. The molecule has 0 aliphatic heterocycles. The van der Waals surface area contributed by atoms with Crippen LogP contribution in [0.1, 0.15) is 6.92 Å². The molecule has 0 aromatic heterocycles. The Labute approximate surface area is 65.1 Å². The molecule has 0 amide bonds. The molecule has 11 heavy (non-hydrogen) atoms. The number of aliphatic hydroxyl groups excluding tert-OH is 3. The van der Waals surface area contributed by atoms with Crippen molar-refractivity contribution in [3.05, 3.63) is 0 Å². The highest BCUT2D eigenvalue weighted by Gasteiger charge is 2.57. The van der Waals surface area contributed by atoms with Gasteiger partial charge in [0.25, 0.3) is 0 Å². The third-order valence-electron chi connectivity index (χ3n) is 2.68. The summed E-state index contributed by atoms with van der Waals surface area (Å²) in [5.41, 5.74) is -1.23. The van der Waals surface area contributed by atoms with Gasteiger partial charge < -0.3 is 20.4 Å². The van der Waals surface area contributed by atoms with Crippen LogP contribution >= 0.6 is 0 Å².